The molecule has 0 bridgehead atoms. The molecule has 1 heterocycles. The molecule has 7 heteroatoms. The van der Waals surface area contributed by atoms with Crippen LogP contribution < -0.4 is 16.0 Å². The molecule has 2 aromatic carbocycles. The van der Waals surface area contributed by atoms with Gasteiger partial charge in [0, 0.05) is 30.9 Å². The molecule has 0 spiro atoms. The number of hydrogen-bond acceptors (Lipinski definition) is 3. The summed E-state index contributed by atoms with van der Waals surface area (Å²) in [7, 11) is 0. The first kappa shape index (κ1) is 23.3. The first-order chi connectivity index (χ1) is 15.3. The molecule has 0 aliphatic carbocycles. The predicted molar refractivity (Wildman–Crippen MR) is 125 cm³/mol. The second-order valence-corrected chi connectivity index (χ2v) is 8.61. The van der Waals surface area contributed by atoms with Crippen LogP contribution in [0.15, 0.2) is 48.5 Å². The minimum absolute atomic E-state index is 0.0742. The quantitative estimate of drug-likeness (QED) is 0.618. The van der Waals surface area contributed by atoms with E-state index in [1.54, 1.807) is 17.0 Å². The SMILES string of the molecule is Cc1cccc(C(=O)NC(C(=O)NCc2cccc(NC(=O)N3CCCC3)c2)C(C)C)c1. The molecule has 4 amide bonds. The van der Waals surface area contributed by atoms with E-state index in [2.05, 4.69) is 16.0 Å². The fraction of sp³-hybridized carbons (Fsp3) is 0.400. The monoisotopic (exact) mass is 436 g/mol. The van der Waals surface area contributed by atoms with Crippen molar-refractivity contribution in [2.45, 2.75) is 46.2 Å². The maximum Gasteiger partial charge on any atom is 0.321 e. The summed E-state index contributed by atoms with van der Waals surface area (Å²) in [5.41, 5.74) is 3.08. The summed E-state index contributed by atoms with van der Waals surface area (Å²) in [4.78, 5) is 39.5. The first-order valence-electron chi connectivity index (χ1n) is 11.1. The summed E-state index contributed by atoms with van der Waals surface area (Å²) in [6.45, 7) is 7.59. The molecule has 0 aromatic heterocycles. The highest BCUT2D eigenvalue weighted by molar-refractivity contribution is 5.97. The number of nitrogens with zero attached hydrogens (tertiary/aromatic N) is 1. The summed E-state index contributed by atoms with van der Waals surface area (Å²) in [6.07, 6.45) is 2.08. The molecule has 32 heavy (non-hydrogen) atoms. The van der Waals surface area contributed by atoms with Crippen LogP contribution in [-0.4, -0.2) is 41.9 Å². The third-order valence-electron chi connectivity index (χ3n) is 5.55. The molecular weight excluding hydrogens is 404 g/mol. The van der Waals surface area contributed by atoms with E-state index in [1.807, 2.05) is 57.2 Å². The Kier molecular flexibility index (Phi) is 7.87. The van der Waals surface area contributed by atoms with Gasteiger partial charge in [0.2, 0.25) is 5.91 Å². The smallest absolute Gasteiger partial charge is 0.321 e. The van der Waals surface area contributed by atoms with Crippen molar-refractivity contribution in [2.75, 3.05) is 18.4 Å². The topological polar surface area (TPSA) is 90.5 Å². The lowest BCUT2D eigenvalue weighted by atomic mass is 10.0. The van der Waals surface area contributed by atoms with E-state index in [9.17, 15) is 14.4 Å². The van der Waals surface area contributed by atoms with Crippen molar-refractivity contribution >= 4 is 23.5 Å². The van der Waals surface area contributed by atoms with Crippen LogP contribution in [0.5, 0.6) is 0 Å². The van der Waals surface area contributed by atoms with Crippen LogP contribution in [-0.2, 0) is 11.3 Å². The molecule has 1 unspecified atom stereocenters. The largest absolute Gasteiger partial charge is 0.350 e. The Bertz CT molecular complexity index is 967. The van der Waals surface area contributed by atoms with Gasteiger partial charge in [-0.3, -0.25) is 9.59 Å². The van der Waals surface area contributed by atoms with E-state index in [0.717, 1.165) is 37.1 Å². The average molecular weight is 437 g/mol. The lowest BCUT2D eigenvalue weighted by molar-refractivity contribution is -0.124. The zero-order valence-corrected chi connectivity index (χ0v) is 19.0. The van der Waals surface area contributed by atoms with Crippen molar-refractivity contribution in [3.05, 3.63) is 65.2 Å². The van der Waals surface area contributed by atoms with Gasteiger partial charge in [-0.25, -0.2) is 4.79 Å². The van der Waals surface area contributed by atoms with Crippen molar-refractivity contribution in [1.29, 1.82) is 0 Å². The van der Waals surface area contributed by atoms with Gasteiger partial charge in [-0.1, -0.05) is 43.7 Å². The van der Waals surface area contributed by atoms with Gasteiger partial charge in [-0.2, -0.15) is 0 Å². The van der Waals surface area contributed by atoms with Crippen molar-refractivity contribution in [3.63, 3.8) is 0 Å². The zero-order valence-electron chi connectivity index (χ0n) is 19.0. The Labute approximate surface area is 189 Å². The maximum atomic E-state index is 12.8. The number of anilines is 1. The van der Waals surface area contributed by atoms with Crippen LogP contribution >= 0.6 is 0 Å². The Morgan fingerprint density at radius 2 is 1.72 bits per heavy atom. The van der Waals surface area contributed by atoms with Gasteiger partial charge in [0.25, 0.3) is 5.91 Å². The summed E-state index contributed by atoms with van der Waals surface area (Å²) >= 11 is 0. The summed E-state index contributed by atoms with van der Waals surface area (Å²) in [5.74, 6) is -0.587. The molecule has 1 atom stereocenters. The molecule has 0 saturated carbocycles. The number of carbonyl (C=O) groups is 3. The number of amides is 4. The van der Waals surface area contributed by atoms with Crippen LogP contribution in [0.4, 0.5) is 10.5 Å². The molecule has 1 fully saturated rings. The van der Waals surface area contributed by atoms with Gasteiger partial charge in [0.1, 0.15) is 6.04 Å². The average Bonchev–Trinajstić information content (AvgIpc) is 3.31. The summed E-state index contributed by atoms with van der Waals surface area (Å²) in [5, 5.41) is 8.68. The van der Waals surface area contributed by atoms with E-state index in [4.69, 9.17) is 0 Å². The number of benzene rings is 2. The minimum atomic E-state index is -0.652. The Morgan fingerprint density at radius 3 is 2.41 bits per heavy atom. The standard InChI is InChI=1S/C25H32N4O3/c1-17(2)22(28-23(30)20-10-6-8-18(3)14-20)24(31)26-16-19-9-7-11-21(15-19)27-25(32)29-12-4-5-13-29/h6-11,14-15,17,22H,4-5,12-13,16H2,1-3H3,(H,26,31)(H,27,32)(H,28,30). The summed E-state index contributed by atoms with van der Waals surface area (Å²) < 4.78 is 0. The lowest BCUT2D eigenvalue weighted by Crippen LogP contribution is -2.49. The maximum absolute atomic E-state index is 12.8. The van der Waals surface area contributed by atoms with Crippen molar-refractivity contribution in [1.82, 2.24) is 15.5 Å². The molecule has 3 rings (SSSR count). The molecular formula is C25H32N4O3. The highest BCUT2D eigenvalue weighted by atomic mass is 16.2. The van der Waals surface area contributed by atoms with E-state index < -0.39 is 6.04 Å². The zero-order chi connectivity index (χ0) is 23.1. The molecule has 7 nitrogen and oxygen atoms in total. The second-order valence-electron chi connectivity index (χ2n) is 8.61. The number of likely N-dealkylation sites (tertiary alicyclic amines) is 1. The highest BCUT2D eigenvalue weighted by Crippen LogP contribution is 2.14. The molecule has 3 N–H and O–H groups in total. The first-order valence-corrected chi connectivity index (χ1v) is 11.1. The fourth-order valence-electron chi connectivity index (χ4n) is 3.73. The minimum Gasteiger partial charge on any atom is -0.350 e. The molecule has 1 aliphatic heterocycles. The number of nitrogens with one attached hydrogen (secondary N) is 3. The van der Waals surface area contributed by atoms with Gasteiger partial charge in [-0.15, -0.1) is 0 Å². The fourth-order valence-corrected chi connectivity index (χ4v) is 3.73. The van der Waals surface area contributed by atoms with Crippen molar-refractivity contribution < 1.29 is 14.4 Å². The van der Waals surface area contributed by atoms with Gasteiger partial charge in [0.05, 0.1) is 0 Å². The number of carbonyl (C=O) groups excluding carboxylic acids is 3. The number of rotatable bonds is 7. The third-order valence-corrected chi connectivity index (χ3v) is 5.55. The van der Waals surface area contributed by atoms with Crippen LogP contribution in [0.2, 0.25) is 0 Å². The van der Waals surface area contributed by atoms with Crippen LogP contribution in [0, 0.1) is 12.8 Å². The molecule has 1 aliphatic rings. The van der Waals surface area contributed by atoms with Gasteiger partial charge >= 0.3 is 6.03 Å². The molecule has 170 valence electrons. The van der Waals surface area contributed by atoms with Gasteiger partial charge in [0.15, 0.2) is 0 Å². The molecule has 0 radical (unpaired) electrons. The molecule has 1 saturated heterocycles. The van der Waals surface area contributed by atoms with Crippen LogP contribution in [0.3, 0.4) is 0 Å². The van der Waals surface area contributed by atoms with Gasteiger partial charge < -0.3 is 20.9 Å². The van der Waals surface area contributed by atoms with Crippen LogP contribution in [0.25, 0.3) is 0 Å². The number of urea groups is 1. The lowest BCUT2D eigenvalue weighted by Gasteiger charge is -2.22. The van der Waals surface area contributed by atoms with E-state index in [1.165, 1.54) is 0 Å². The Balaban J connectivity index is 1.57. The highest BCUT2D eigenvalue weighted by Gasteiger charge is 2.24. The van der Waals surface area contributed by atoms with Crippen LogP contribution in [0.1, 0.15) is 48.2 Å². The Morgan fingerprint density at radius 1 is 1.00 bits per heavy atom. The van der Waals surface area contributed by atoms with E-state index >= 15 is 0 Å². The normalized spacial score (nSPS) is 14.2. The van der Waals surface area contributed by atoms with Crippen molar-refractivity contribution in [2.24, 2.45) is 5.92 Å². The number of hydrogen-bond donors (Lipinski definition) is 3. The molecule has 2 aromatic rings. The van der Waals surface area contributed by atoms with Crippen molar-refractivity contribution in [3.8, 4) is 0 Å². The predicted octanol–water partition coefficient (Wildman–Crippen LogP) is 3.69. The van der Waals surface area contributed by atoms with E-state index in [0.29, 0.717) is 17.8 Å². The Hall–Kier alpha value is -3.35. The van der Waals surface area contributed by atoms with E-state index in [-0.39, 0.29) is 23.8 Å². The second kappa shape index (κ2) is 10.8. The number of aryl methyl sites for hydroxylation is 1. The third kappa shape index (κ3) is 6.33. The van der Waals surface area contributed by atoms with Gasteiger partial charge in [-0.05, 0) is 55.5 Å². The summed E-state index contributed by atoms with van der Waals surface area (Å²) in [6, 6.07) is 14.0.